The molecule has 0 aliphatic carbocycles. The molecule has 1 heterocycles. The molecule has 114 valence electrons. The maximum atomic E-state index is 11.7. The van der Waals surface area contributed by atoms with Crippen LogP contribution >= 0.6 is 0 Å². The van der Waals surface area contributed by atoms with Gasteiger partial charge in [-0.15, -0.1) is 0 Å². The van der Waals surface area contributed by atoms with E-state index >= 15 is 0 Å². The Morgan fingerprint density at radius 2 is 1.85 bits per heavy atom. The molecule has 0 radical (unpaired) electrons. The van der Waals surface area contributed by atoms with Crippen LogP contribution in [0, 0.1) is 5.92 Å². The molecule has 1 rings (SSSR count). The molecule has 0 unspecified atom stereocenters. The maximum Gasteiger partial charge on any atom is 0.223 e. The van der Waals surface area contributed by atoms with E-state index in [0.717, 1.165) is 44.7 Å². The van der Waals surface area contributed by atoms with Crippen molar-refractivity contribution in [3.8, 4) is 5.75 Å². The fraction of sp³-hybridized carbons (Fsp3) is 0.688. The predicted molar refractivity (Wildman–Crippen MR) is 83.1 cm³/mol. The highest BCUT2D eigenvalue weighted by molar-refractivity contribution is 5.20. The summed E-state index contributed by atoms with van der Waals surface area (Å²) in [5.74, 6) is 0.313. The maximum absolute atomic E-state index is 11.7. The zero-order valence-electron chi connectivity index (χ0n) is 13.2. The lowest BCUT2D eigenvalue weighted by Crippen LogP contribution is -2.28. The van der Waals surface area contributed by atoms with Crippen molar-refractivity contribution in [1.82, 2.24) is 9.47 Å². The topological polar surface area (TPSA) is 45.5 Å². The zero-order chi connectivity index (χ0) is 15.1. The summed E-state index contributed by atoms with van der Waals surface area (Å²) in [6.07, 6.45) is 3.78. The van der Waals surface area contributed by atoms with Crippen LogP contribution in [0.1, 0.15) is 46.2 Å². The lowest BCUT2D eigenvalue weighted by molar-refractivity contribution is 0.256. The van der Waals surface area contributed by atoms with E-state index in [1.54, 1.807) is 12.3 Å². The van der Waals surface area contributed by atoms with Crippen molar-refractivity contribution in [1.29, 1.82) is 0 Å². The van der Waals surface area contributed by atoms with E-state index in [2.05, 4.69) is 32.6 Å². The molecule has 4 heteroatoms. The average molecular weight is 280 g/mol. The number of aromatic hydroxyl groups is 1. The van der Waals surface area contributed by atoms with Gasteiger partial charge in [0.15, 0.2) is 5.75 Å². The minimum Gasteiger partial charge on any atom is -0.503 e. The Bertz CT molecular complexity index is 460. The first-order valence-corrected chi connectivity index (χ1v) is 7.62. The highest BCUT2D eigenvalue weighted by Crippen LogP contribution is 2.11. The van der Waals surface area contributed by atoms with E-state index < -0.39 is 0 Å². The highest BCUT2D eigenvalue weighted by atomic mass is 16.3. The van der Waals surface area contributed by atoms with Gasteiger partial charge in [-0.1, -0.05) is 27.7 Å². The first kappa shape index (κ1) is 16.8. The van der Waals surface area contributed by atoms with Crippen LogP contribution in [0.15, 0.2) is 17.1 Å². The van der Waals surface area contributed by atoms with Gasteiger partial charge in [0.1, 0.15) is 0 Å². The molecule has 1 N–H and O–H groups in total. The van der Waals surface area contributed by atoms with Gasteiger partial charge in [-0.25, -0.2) is 0 Å². The highest BCUT2D eigenvalue weighted by Gasteiger charge is 2.11. The van der Waals surface area contributed by atoms with Gasteiger partial charge < -0.3 is 9.67 Å². The largest absolute Gasteiger partial charge is 0.503 e. The van der Waals surface area contributed by atoms with Crippen molar-refractivity contribution in [2.75, 3.05) is 13.1 Å². The minimum atomic E-state index is -0.284. The lowest BCUT2D eigenvalue weighted by Gasteiger charge is -2.24. The van der Waals surface area contributed by atoms with Crippen LogP contribution in [0.2, 0.25) is 0 Å². The van der Waals surface area contributed by atoms with E-state index in [0.29, 0.717) is 5.92 Å². The average Bonchev–Trinajstić information content (AvgIpc) is 2.35. The molecule has 0 amide bonds. The minimum absolute atomic E-state index is 0.160. The van der Waals surface area contributed by atoms with Crippen LogP contribution < -0.4 is 5.43 Å². The summed E-state index contributed by atoms with van der Waals surface area (Å²) >= 11 is 0. The molecule has 0 saturated carbocycles. The Morgan fingerprint density at radius 1 is 1.25 bits per heavy atom. The summed E-state index contributed by atoms with van der Waals surface area (Å²) in [5, 5.41) is 9.63. The molecule has 0 fully saturated rings. The summed E-state index contributed by atoms with van der Waals surface area (Å²) in [5.41, 5.74) is 0.705. The van der Waals surface area contributed by atoms with Gasteiger partial charge in [-0.05, 0) is 31.8 Å². The number of pyridine rings is 1. The Balaban J connectivity index is 3.01. The molecule has 1 aromatic heterocycles. The van der Waals surface area contributed by atoms with E-state index in [4.69, 9.17) is 0 Å². The Kier molecular flexibility index (Phi) is 6.79. The lowest BCUT2D eigenvalue weighted by atomic mass is 10.2. The molecule has 0 saturated heterocycles. The molecule has 20 heavy (non-hydrogen) atoms. The summed E-state index contributed by atoms with van der Waals surface area (Å²) in [4.78, 5) is 14.1. The summed E-state index contributed by atoms with van der Waals surface area (Å²) in [7, 11) is 0. The molecule has 0 bridgehead atoms. The Morgan fingerprint density at radius 3 is 2.35 bits per heavy atom. The summed E-state index contributed by atoms with van der Waals surface area (Å²) < 4.78 is 2.01. The van der Waals surface area contributed by atoms with Gasteiger partial charge in [0.2, 0.25) is 5.43 Å². The second-order valence-corrected chi connectivity index (χ2v) is 5.84. The normalized spacial score (nSPS) is 11.5. The summed E-state index contributed by atoms with van der Waals surface area (Å²) in [6, 6.07) is 1.58. The first-order chi connectivity index (χ1) is 9.47. The van der Waals surface area contributed by atoms with Crippen molar-refractivity contribution in [2.45, 2.75) is 53.6 Å². The van der Waals surface area contributed by atoms with Gasteiger partial charge >= 0.3 is 0 Å². The van der Waals surface area contributed by atoms with Gasteiger partial charge in [-0.2, -0.15) is 0 Å². The quantitative estimate of drug-likeness (QED) is 0.796. The molecule has 0 aromatic carbocycles. The van der Waals surface area contributed by atoms with Gasteiger partial charge in [0.05, 0.1) is 6.20 Å². The van der Waals surface area contributed by atoms with E-state index in [1.807, 2.05) is 4.57 Å². The fourth-order valence-electron chi connectivity index (χ4n) is 2.43. The Hall–Kier alpha value is -1.29. The second kappa shape index (κ2) is 8.10. The standard InChI is InChI=1S/C16H28N2O2/c1-5-7-17(8-6-2)11-14-9-15(19)16(20)12-18(14)10-13(3)4/h9,12-13,20H,5-8,10-11H2,1-4H3. The number of rotatable bonds is 8. The molecule has 1 aromatic rings. The number of hydrogen-bond donors (Lipinski definition) is 1. The van der Waals surface area contributed by atoms with Crippen molar-refractivity contribution in [3.05, 3.63) is 28.2 Å². The monoisotopic (exact) mass is 280 g/mol. The molecule has 0 aliphatic rings. The zero-order valence-corrected chi connectivity index (χ0v) is 13.2. The van der Waals surface area contributed by atoms with E-state index in [-0.39, 0.29) is 11.2 Å². The number of aromatic nitrogens is 1. The molecule has 0 aliphatic heterocycles. The van der Waals surface area contributed by atoms with Crippen LogP contribution in [0.4, 0.5) is 0 Å². The van der Waals surface area contributed by atoms with Crippen LogP contribution in [0.5, 0.6) is 5.75 Å². The fourth-order valence-corrected chi connectivity index (χ4v) is 2.43. The molecule has 0 atom stereocenters. The van der Waals surface area contributed by atoms with Crippen molar-refractivity contribution in [2.24, 2.45) is 5.92 Å². The third kappa shape index (κ3) is 5.00. The molecule has 4 nitrogen and oxygen atoms in total. The van der Waals surface area contributed by atoms with E-state index in [1.165, 1.54) is 0 Å². The molecule has 0 spiro atoms. The molecular weight excluding hydrogens is 252 g/mol. The third-order valence-electron chi connectivity index (χ3n) is 3.22. The van der Waals surface area contributed by atoms with Crippen LogP contribution in [0.3, 0.4) is 0 Å². The van der Waals surface area contributed by atoms with Gasteiger partial charge in [-0.3, -0.25) is 9.69 Å². The van der Waals surface area contributed by atoms with Crippen LogP contribution in [-0.2, 0) is 13.1 Å². The van der Waals surface area contributed by atoms with Crippen molar-refractivity contribution < 1.29 is 5.11 Å². The summed E-state index contributed by atoms with van der Waals surface area (Å²) in [6.45, 7) is 12.2. The predicted octanol–water partition coefficient (Wildman–Crippen LogP) is 2.83. The third-order valence-corrected chi connectivity index (χ3v) is 3.22. The SMILES string of the molecule is CCCN(CCC)Cc1cc(=O)c(O)cn1CC(C)C. The molecular formula is C16H28N2O2. The number of nitrogens with zero attached hydrogens (tertiary/aromatic N) is 2. The number of hydrogen-bond acceptors (Lipinski definition) is 3. The van der Waals surface area contributed by atoms with Crippen molar-refractivity contribution >= 4 is 0 Å². The van der Waals surface area contributed by atoms with Crippen molar-refractivity contribution in [3.63, 3.8) is 0 Å². The smallest absolute Gasteiger partial charge is 0.223 e. The second-order valence-electron chi connectivity index (χ2n) is 5.84. The van der Waals surface area contributed by atoms with Gasteiger partial charge in [0.25, 0.3) is 0 Å². The van der Waals surface area contributed by atoms with E-state index in [9.17, 15) is 9.90 Å². The van der Waals surface area contributed by atoms with Crippen LogP contribution in [0.25, 0.3) is 0 Å². The first-order valence-electron chi connectivity index (χ1n) is 7.62. The van der Waals surface area contributed by atoms with Gasteiger partial charge in [0, 0.05) is 24.8 Å². The Labute approximate surface area is 122 Å². The van der Waals surface area contributed by atoms with Crippen LogP contribution in [-0.4, -0.2) is 27.7 Å².